The summed E-state index contributed by atoms with van der Waals surface area (Å²) >= 11 is 6.05. The van der Waals surface area contributed by atoms with Crippen LogP contribution in [-0.4, -0.2) is 36.1 Å². The van der Waals surface area contributed by atoms with E-state index in [0.29, 0.717) is 23.8 Å². The zero-order valence-electron chi connectivity index (χ0n) is 13.5. The standard InChI is InChI=1S/C17H20ClN3O2/c1-11-4-5-15(6-16(11)18)20-17(22)14(7-19)10-21-8-12(2)23-13(3)9-21/h4-6,10,12-13H,8-9H2,1-3H3,(H,20,22)/b14-10-. The van der Waals surface area contributed by atoms with E-state index in [1.54, 1.807) is 18.3 Å². The molecule has 1 saturated heterocycles. The Morgan fingerprint density at radius 1 is 1.43 bits per heavy atom. The van der Waals surface area contributed by atoms with Gasteiger partial charge in [-0.1, -0.05) is 17.7 Å². The van der Waals surface area contributed by atoms with Crippen molar-refractivity contribution in [1.29, 1.82) is 5.26 Å². The lowest BCUT2D eigenvalue weighted by Crippen LogP contribution is -2.43. The molecule has 1 amide bonds. The molecular formula is C17H20ClN3O2. The van der Waals surface area contributed by atoms with Crippen molar-refractivity contribution in [3.63, 3.8) is 0 Å². The van der Waals surface area contributed by atoms with Crippen LogP contribution in [0.15, 0.2) is 30.0 Å². The number of rotatable bonds is 3. The molecule has 0 bridgehead atoms. The molecule has 1 aliphatic rings. The van der Waals surface area contributed by atoms with Crippen LogP contribution in [0.2, 0.25) is 5.02 Å². The largest absolute Gasteiger partial charge is 0.372 e. The van der Waals surface area contributed by atoms with Gasteiger partial charge in [0.1, 0.15) is 11.6 Å². The Balaban J connectivity index is 2.10. The number of benzene rings is 1. The second kappa shape index (κ2) is 7.49. The first-order valence-electron chi connectivity index (χ1n) is 7.48. The number of carbonyl (C=O) groups excluding carboxylic acids is 1. The summed E-state index contributed by atoms with van der Waals surface area (Å²) in [6, 6.07) is 7.20. The van der Waals surface area contributed by atoms with Gasteiger partial charge in [0.15, 0.2) is 0 Å². The molecule has 1 heterocycles. The van der Waals surface area contributed by atoms with Crippen LogP contribution in [0, 0.1) is 18.3 Å². The second-order valence-electron chi connectivity index (χ2n) is 5.78. The van der Waals surface area contributed by atoms with Gasteiger partial charge in [0.05, 0.1) is 12.2 Å². The number of hydrogen-bond acceptors (Lipinski definition) is 4. The molecule has 1 fully saturated rings. The maximum atomic E-state index is 12.3. The Bertz CT molecular complexity index is 656. The van der Waals surface area contributed by atoms with Crippen LogP contribution in [0.25, 0.3) is 0 Å². The van der Waals surface area contributed by atoms with Crippen LogP contribution < -0.4 is 5.32 Å². The van der Waals surface area contributed by atoms with Crippen molar-refractivity contribution in [2.24, 2.45) is 0 Å². The Kier molecular flexibility index (Phi) is 5.64. The fourth-order valence-corrected chi connectivity index (χ4v) is 2.69. The maximum Gasteiger partial charge on any atom is 0.267 e. The van der Waals surface area contributed by atoms with Gasteiger partial charge in [0.25, 0.3) is 5.91 Å². The number of nitrogens with one attached hydrogen (secondary N) is 1. The van der Waals surface area contributed by atoms with E-state index in [1.165, 1.54) is 0 Å². The molecule has 1 N–H and O–H groups in total. The van der Waals surface area contributed by atoms with Crippen molar-refractivity contribution in [1.82, 2.24) is 4.90 Å². The minimum atomic E-state index is -0.445. The van der Waals surface area contributed by atoms with Crippen LogP contribution in [0.4, 0.5) is 5.69 Å². The van der Waals surface area contributed by atoms with Gasteiger partial charge in [0, 0.05) is 30.0 Å². The number of amides is 1. The third kappa shape index (κ3) is 4.72. The number of carbonyl (C=O) groups is 1. The summed E-state index contributed by atoms with van der Waals surface area (Å²) in [5.74, 6) is -0.445. The Hall–Kier alpha value is -2.03. The number of hydrogen-bond donors (Lipinski definition) is 1. The minimum absolute atomic E-state index is 0.0583. The molecule has 23 heavy (non-hydrogen) atoms. The van der Waals surface area contributed by atoms with Crippen LogP contribution in [0.3, 0.4) is 0 Å². The Morgan fingerprint density at radius 3 is 2.65 bits per heavy atom. The van der Waals surface area contributed by atoms with Crippen LogP contribution in [0.5, 0.6) is 0 Å². The van der Waals surface area contributed by atoms with Crippen molar-refractivity contribution < 1.29 is 9.53 Å². The van der Waals surface area contributed by atoms with Crippen LogP contribution >= 0.6 is 11.6 Å². The molecule has 6 heteroatoms. The Morgan fingerprint density at radius 2 is 2.09 bits per heavy atom. The van der Waals surface area contributed by atoms with Crippen molar-refractivity contribution in [3.05, 3.63) is 40.6 Å². The SMILES string of the molecule is Cc1ccc(NC(=O)/C(C#N)=C\N2CC(C)OC(C)C2)cc1Cl. The smallest absolute Gasteiger partial charge is 0.267 e. The molecule has 2 rings (SSSR count). The quantitative estimate of drug-likeness (QED) is 0.682. The number of ether oxygens (including phenoxy) is 1. The predicted octanol–water partition coefficient (Wildman–Crippen LogP) is 3.10. The van der Waals surface area contributed by atoms with Crippen molar-refractivity contribution in [2.45, 2.75) is 33.0 Å². The lowest BCUT2D eigenvalue weighted by molar-refractivity contribution is -0.112. The lowest BCUT2D eigenvalue weighted by atomic mass is 10.2. The van der Waals surface area contributed by atoms with Gasteiger partial charge in [-0.15, -0.1) is 0 Å². The van der Waals surface area contributed by atoms with E-state index in [4.69, 9.17) is 16.3 Å². The average molecular weight is 334 g/mol. The molecule has 2 unspecified atom stereocenters. The molecule has 1 aromatic rings. The monoisotopic (exact) mass is 333 g/mol. The fraction of sp³-hybridized carbons (Fsp3) is 0.412. The number of anilines is 1. The normalized spacial score (nSPS) is 21.7. The van der Waals surface area contributed by atoms with Gasteiger partial charge in [-0.2, -0.15) is 5.26 Å². The maximum absolute atomic E-state index is 12.3. The van der Waals surface area contributed by atoms with Crippen molar-refractivity contribution in [3.8, 4) is 6.07 Å². The fourth-order valence-electron chi connectivity index (χ4n) is 2.51. The van der Waals surface area contributed by atoms with E-state index < -0.39 is 5.91 Å². The molecular weight excluding hydrogens is 314 g/mol. The third-order valence-electron chi connectivity index (χ3n) is 3.55. The van der Waals surface area contributed by atoms with Crippen LogP contribution in [0.1, 0.15) is 19.4 Å². The van der Waals surface area contributed by atoms with E-state index in [1.807, 2.05) is 37.8 Å². The highest BCUT2D eigenvalue weighted by molar-refractivity contribution is 6.31. The molecule has 1 aromatic carbocycles. The molecule has 2 atom stereocenters. The summed E-state index contributed by atoms with van der Waals surface area (Å²) < 4.78 is 5.64. The zero-order valence-corrected chi connectivity index (χ0v) is 14.2. The molecule has 0 aliphatic carbocycles. The van der Waals surface area contributed by atoms with Gasteiger partial charge in [0.2, 0.25) is 0 Å². The number of nitriles is 1. The van der Waals surface area contributed by atoms with Crippen molar-refractivity contribution >= 4 is 23.2 Å². The topological polar surface area (TPSA) is 65.4 Å². The summed E-state index contributed by atoms with van der Waals surface area (Å²) in [6.07, 6.45) is 1.73. The Labute approximate surface area is 141 Å². The summed E-state index contributed by atoms with van der Waals surface area (Å²) in [5.41, 5.74) is 1.55. The second-order valence-corrected chi connectivity index (χ2v) is 6.19. The summed E-state index contributed by atoms with van der Waals surface area (Å²) in [5, 5.41) is 12.5. The van der Waals surface area contributed by atoms with Crippen molar-refractivity contribution in [2.75, 3.05) is 18.4 Å². The molecule has 0 aromatic heterocycles. The minimum Gasteiger partial charge on any atom is -0.372 e. The molecule has 0 spiro atoms. The van der Waals surface area contributed by atoms with Gasteiger partial charge in [-0.3, -0.25) is 4.79 Å². The van der Waals surface area contributed by atoms with E-state index >= 15 is 0 Å². The summed E-state index contributed by atoms with van der Waals surface area (Å²) in [7, 11) is 0. The first kappa shape index (κ1) is 17.3. The summed E-state index contributed by atoms with van der Waals surface area (Å²) in [6.45, 7) is 7.13. The molecule has 122 valence electrons. The first-order chi connectivity index (χ1) is 10.9. The molecule has 0 saturated carbocycles. The predicted molar refractivity (Wildman–Crippen MR) is 90.1 cm³/mol. The number of morpholine rings is 1. The number of aryl methyl sites for hydroxylation is 1. The molecule has 0 radical (unpaired) electrons. The van der Waals surface area contributed by atoms with Gasteiger partial charge >= 0.3 is 0 Å². The van der Waals surface area contributed by atoms with E-state index in [2.05, 4.69) is 5.32 Å². The van der Waals surface area contributed by atoms with E-state index in [0.717, 1.165) is 5.56 Å². The molecule has 1 aliphatic heterocycles. The lowest BCUT2D eigenvalue weighted by Gasteiger charge is -2.34. The van der Waals surface area contributed by atoms with E-state index in [-0.39, 0.29) is 17.8 Å². The van der Waals surface area contributed by atoms with E-state index in [9.17, 15) is 10.1 Å². The number of nitrogens with zero attached hydrogens (tertiary/aromatic N) is 2. The van der Waals surface area contributed by atoms with Gasteiger partial charge in [-0.25, -0.2) is 0 Å². The summed E-state index contributed by atoms with van der Waals surface area (Å²) in [4.78, 5) is 14.2. The van der Waals surface area contributed by atoms with Gasteiger partial charge in [-0.05, 0) is 38.5 Å². The van der Waals surface area contributed by atoms with Gasteiger partial charge < -0.3 is 15.0 Å². The highest BCUT2D eigenvalue weighted by Crippen LogP contribution is 2.20. The third-order valence-corrected chi connectivity index (χ3v) is 3.96. The number of halogens is 1. The average Bonchev–Trinajstić information content (AvgIpc) is 2.47. The highest BCUT2D eigenvalue weighted by Gasteiger charge is 2.21. The highest BCUT2D eigenvalue weighted by atomic mass is 35.5. The zero-order chi connectivity index (χ0) is 17.0. The van der Waals surface area contributed by atoms with Crippen LogP contribution in [-0.2, 0) is 9.53 Å². The first-order valence-corrected chi connectivity index (χ1v) is 7.85. The molecule has 5 nitrogen and oxygen atoms in total.